The molecule has 2 N–H and O–H groups in total. The number of nitrogens with zero attached hydrogens (tertiary/aromatic N) is 4. The summed E-state index contributed by atoms with van der Waals surface area (Å²) in [6, 6.07) is 0. The van der Waals surface area contributed by atoms with Crippen molar-refractivity contribution in [1.82, 2.24) is 19.7 Å². The molecule has 22 heavy (non-hydrogen) atoms. The molecule has 0 spiro atoms. The maximum Gasteiger partial charge on any atom is 0.421 e. The van der Waals surface area contributed by atoms with Crippen molar-refractivity contribution in [2.45, 2.75) is 19.6 Å². The van der Waals surface area contributed by atoms with Crippen LogP contribution in [0.2, 0.25) is 0 Å². The highest BCUT2D eigenvalue weighted by Gasteiger charge is 2.35. The first kappa shape index (κ1) is 11.2. The quantitative estimate of drug-likeness (QED) is 0.829. The third-order valence-corrected chi connectivity index (χ3v) is 2.74. The SMILES string of the molecule is [2H]C([2H])(F)C([2H])([2H])n1ncc(Nc2ncc(C(F)(F)F)c(NC)n2)c1C. The Balaban J connectivity index is 2.36. The molecular weight excluding hydrogens is 304 g/mol. The van der Waals surface area contributed by atoms with Gasteiger partial charge in [-0.3, -0.25) is 4.68 Å². The molecule has 0 radical (unpaired) electrons. The Labute approximate surface area is 129 Å². The van der Waals surface area contributed by atoms with Crippen LogP contribution in [0.15, 0.2) is 12.4 Å². The van der Waals surface area contributed by atoms with Gasteiger partial charge in [0.05, 0.1) is 29.6 Å². The molecule has 0 aliphatic heterocycles. The van der Waals surface area contributed by atoms with Gasteiger partial charge >= 0.3 is 6.18 Å². The molecule has 0 bridgehead atoms. The van der Waals surface area contributed by atoms with Gasteiger partial charge in [-0.1, -0.05) is 0 Å². The fraction of sp³-hybridized carbons (Fsp3) is 0.417. The average Bonchev–Trinajstić information content (AvgIpc) is 2.86. The number of rotatable bonds is 5. The molecule has 0 amide bonds. The molecule has 2 aromatic rings. The first-order valence-electron chi connectivity index (χ1n) is 7.92. The van der Waals surface area contributed by atoms with Gasteiger partial charge in [-0.2, -0.15) is 23.3 Å². The summed E-state index contributed by atoms with van der Waals surface area (Å²) in [4.78, 5) is 7.23. The highest BCUT2D eigenvalue weighted by Crippen LogP contribution is 2.33. The summed E-state index contributed by atoms with van der Waals surface area (Å²) in [6.07, 6.45) is -3.03. The number of aryl methyl sites for hydroxylation is 1. The van der Waals surface area contributed by atoms with E-state index in [9.17, 15) is 17.6 Å². The summed E-state index contributed by atoms with van der Waals surface area (Å²) in [7, 11) is 1.25. The molecular formula is C12H14F4N6. The number of aromatic nitrogens is 4. The van der Waals surface area contributed by atoms with Gasteiger partial charge in [-0.05, 0) is 6.92 Å². The lowest BCUT2D eigenvalue weighted by Crippen LogP contribution is -2.12. The highest BCUT2D eigenvalue weighted by atomic mass is 19.4. The van der Waals surface area contributed by atoms with Crippen LogP contribution in [-0.2, 0) is 12.7 Å². The van der Waals surface area contributed by atoms with Crippen LogP contribution in [0.25, 0.3) is 0 Å². The summed E-state index contributed by atoms with van der Waals surface area (Å²) in [5, 5.41) is 8.44. The molecule has 0 fully saturated rings. The molecule has 0 atom stereocenters. The van der Waals surface area contributed by atoms with E-state index in [0.29, 0.717) is 10.9 Å². The molecule has 0 saturated carbocycles. The second-order valence-corrected chi connectivity index (χ2v) is 4.09. The van der Waals surface area contributed by atoms with Crippen LogP contribution in [0.1, 0.15) is 16.7 Å². The molecule has 0 aromatic carbocycles. The van der Waals surface area contributed by atoms with Crippen molar-refractivity contribution >= 4 is 17.5 Å². The van der Waals surface area contributed by atoms with Gasteiger partial charge in [-0.25, -0.2) is 9.37 Å². The fourth-order valence-corrected chi connectivity index (χ4v) is 1.65. The predicted molar refractivity (Wildman–Crippen MR) is 72.8 cm³/mol. The minimum absolute atomic E-state index is 0.00831. The molecule has 2 heterocycles. The summed E-state index contributed by atoms with van der Waals surface area (Å²) >= 11 is 0. The number of halogens is 4. The fourth-order valence-electron chi connectivity index (χ4n) is 1.65. The monoisotopic (exact) mass is 322 g/mol. The van der Waals surface area contributed by atoms with Crippen LogP contribution in [0.3, 0.4) is 0 Å². The Morgan fingerprint density at radius 1 is 1.36 bits per heavy atom. The van der Waals surface area contributed by atoms with Gasteiger partial charge in [0.25, 0.3) is 0 Å². The molecule has 2 aromatic heterocycles. The summed E-state index contributed by atoms with van der Waals surface area (Å²) in [6.45, 7) is -5.50. The third kappa shape index (κ3) is 3.26. The van der Waals surface area contributed by atoms with Crippen molar-refractivity contribution in [2.75, 3.05) is 24.3 Å². The van der Waals surface area contributed by atoms with Crippen LogP contribution in [0.4, 0.5) is 35.0 Å². The molecule has 0 aliphatic rings. The van der Waals surface area contributed by atoms with E-state index in [1.807, 2.05) is 0 Å². The number of anilines is 3. The van der Waals surface area contributed by atoms with E-state index in [0.717, 1.165) is 6.20 Å². The largest absolute Gasteiger partial charge is 0.421 e. The Morgan fingerprint density at radius 3 is 2.68 bits per heavy atom. The van der Waals surface area contributed by atoms with Crippen LogP contribution >= 0.6 is 0 Å². The number of alkyl halides is 4. The lowest BCUT2D eigenvalue weighted by molar-refractivity contribution is -0.137. The van der Waals surface area contributed by atoms with Crippen molar-refractivity contribution in [1.29, 1.82) is 0 Å². The third-order valence-electron chi connectivity index (χ3n) is 2.74. The van der Waals surface area contributed by atoms with Gasteiger partial charge in [0.2, 0.25) is 5.95 Å². The Morgan fingerprint density at radius 2 is 2.09 bits per heavy atom. The normalized spacial score (nSPS) is 15.5. The first-order valence-corrected chi connectivity index (χ1v) is 5.92. The molecule has 2 rings (SSSR count). The topological polar surface area (TPSA) is 67.7 Å². The van der Waals surface area contributed by atoms with E-state index < -0.39 is 30.7 Å². The second-order valence-electron chi connectivity index (χ2n) is 4.09. The molecule has 120 valence electrons. The zero-order valence-corrected chi connectivity index (χ0v) is 11.5. The van der Waals surface area contributed by atoms with Crippen LogP contribution in [-0.4, -0.2) is 33.4 Å². The zero-order valence-electron chi connectivity index (χ0n) is 15.5. The van der Waals surface area contributed by atoms with E-state index in [-0.39, 0.29) is 17.3 Å². The highest BCUT2D eigenvalue weighted by molar-refractivity contribution is 5.57. The minimum atomic E-state index is -4.65. The van der Waals surface area contributed by atoms with E-state index in [4.69, 9.17) is 5.48 Å². The van der Waals surface area contributed by atoms with Crippen molar-refractivity contribution < 1.29 is 23.0 Å². The van der Waals surface area contributed by atoms with Crippen molar-refractivity contribution in [3.63, 3.8) is 0 Å². The van der Waals surface area contributed by atoms with E-state index in [1.54, 1.807) is 0 Å². The van der Waals surface area contributed by atoms with E-state index in [1.165, 1.54) is 14.0 Å². The van der Waals surface area contributed by atoms with Gasteiger partial charge in [0.15, 0.2) is 0 Å². The first-order chi connectivity index (χ1) is 11.8. The maximum absolute atomic E-state index is 13.5. The Bertz CT molecular complexity index is 802. The van der Waals surface area contributed by atoms with Gasteiger partial charge in [-0.15, -0.1) is 0 Å². The molecule has 0 saturated heterocycles. The smallest absolute Gasteiger partial charge is 0.372 e. The lowest BCUT2D eigenvalue weighted by atomic mass is 10.3. The van der Waals surface area contributed by atoms with Gasteiger partial charge < -0.3 is 10.6 Å². The molecule has 0 aliphatic carbocycles. The van der Waals surface area contributed by atoms with Gasteiger partial charge in [0.1, 0.15) is 18.0 Å². The van der Waals surface area contributed by atoms with E-state index in [2.05, 4.69) is 25.7 Å². The molecule has 0 unspecified atom stereocenters. The van der Waals surface area contributed by atoms with Crippen molar-refractivity contribution in [3.8, 4) is 0 Å². The van der Waals surface area contributed by atoms with Crippen LogP contribution < -0.4 is 10.6 Å². The zero-order chi connectivity index (χ0) is 19.9. The summed E-state index contributed by atoms with van der Waals surface area (Å²) in [5.41, 5.74) is -1.01. The number of hydrogen-bond donors (Lipinski definition) is 2. The lowest BCUT2D eigenvalue weighted by Gasteiger charge is -2.12. The Hall–Kier alpha value is -2.39. The Kier molecular flexibility index (Phi) is 3.14. The van der Waals surface area contributed by atoms with Crippen LogP contribution in [0.5, 0.6) is 0 Å². The minimum Gasteiger partial charge on any atom is -0.372 e. The summed E-state index contributed by atoms with van der Waals surface area (Å²) < 4.78 is 81.4. The number of nitrogens with one attached hydrogen (secondary N) is 2. The summed E-state index contributed by atoms with van der Waals surface area (Å²) in [5.74, 6) is -0.718. The molecule has 6 nitrogen and oxygen atoms in total. The van der Waals surface area contributed by atoms with Gasteiger partial charge in [0, 0.05) is 13.2 Å². The average molecular weight is 322 g/mol. The maximum atomic E-state index is 13.5. The number of hydrogen-bond acceptors (Lipinski definition) is 5. The standard InChI is InChI=1S/C12H14F4N6/c1-7-9(6-19-22(7)4-3-13)20-11-18-5-8(12(14,15)16)10(17-2)21-11/h5-6H,3-4H2,1-2H3,(H2,17,18,20,21)/i3D2,4D2. The van der Waals surface area contributed by atoms with E-state index >= 15 is 0 Å². The van der Waals surface area contributed by atoms with Crippen molar-refractivity contribution in [2.24, 2.45) is 0 Å². The van der Waals surface area contributed by atoms with Crippen molar-refractivity contribution in [3.05, 3.63) is 23.7 Å². The predicted octanol–water partition coefficient (Wildman–Crippen LogP) is 2.76. The molecule has 10 heteroatoms. The van der Waals surface area contributed by atoms with Crippen LogP contribution in [0, 0.1) is 6.92 Å². The second kappa shape index (κ2) is 6.16.